The Morgan fingerprint density at radius 2 is 1.62 bits per heavy atom. The van der Waals surface area contributed by atoms with Gasteiger partial charge in [0, 0.05) is 12.1 Å². The molecule has 1 aliphatic heterocycles. The van der Waals surface area contributed by atoms with Gasteiger partial charge in [-0.15, -0.1) is 0 Å². The predicted octanol–water partition coefficient (Wildman–Crippen LogP) is 2.65. The zero-order chi connectivity index (χ0) is 17.7. The average molecular weight is 335 g/mol. The highest BCUT2D eigenvalue weighted by Gasteiger charge is 2.30. The van der Waals surface area contributed by atoms with Crippen LogP contribution in [0.4, 0.5) is 0 Å². The van der Waals surface area contributed by atoms with Crippen LogP contribution in [0.15, 0.2) is 18.2 Å². The fourth-order valence-corrected chi connectivity index (χ4v) is 3.24. The first kappa shape index (κ1) is 18.1. The maximum absolute atomic E-state index is 12.4. The Kier molecular flexibility index (Phi) is 6.06. The standard InChI is InChI=1S/C18H25NO5/c1-12-7-5-8-13(2)19(12)16(20)11-24-18(21)17-14(22-3)9-6-10-15(17)23-4/h6,9-10,12-13H,5,7-8,11H2,1-4H3/t12-,13-/m0/s1. The monoisotopic (exact) mass is 335 g/mol. The van der Waals surface area contributed by atoms with Crippen molar-refractivity contribution in [1.82, 2.24) is 4.90 Å². The van der Waals surface area contributed by atoms with Gasteiger partial charge >= 0.3 is 5.97 Å². The lowest BCUT2D eigenvalue weighted by atomic mass is 9.97. The van der Waals surface area contributed by atoms with Crippen LogP contribution in [0.5, 0.6) is 11.5 Å². The number of hydrogen-bond acceptors (Lipinski definition) is 5. The maximum atomic E-state index is 12.4. The first-order valence-electron chi connectivity index (χ1n) is 8.18. The second-order valence-corrected chi connectivity index (χ2v) is 6.04. The van der Waals surface area contributed by atoms with E-state index in [1.54, 1.807) is 18.2 Å². The lowest BCUT2D eigenvalue weighted by Gasteiger charge is -2.38. The SMILES string of the molecule is COc1cccc(OC)c1C(=O)OCC(=O)N1[C@@H](C)CCC[C@@H]1C. The summed E-state index contributed by atoms with van der Waals surface area (Å²) in [6.45, 7) is 3.77. The fourth-order valence-electron chi connectivity index (χ4n) is 3.24. The molecule has 1 heterocycles. The van der Waals surface area contributed by atoms with Gasteiger partial charge in [0.05, 0.1) is 14.2 Å². The average Bonchev–Trinajstić information content (AvgIpc) is 2.58. The third-order valence-electron chi connectivity index (χ3n) is 4.44. The number of benzene rings is 1. The highest BCUT2D eigenvalue weighted by atomic mass is 16.5. The van der Waals surface area contributed by atoms with Crippen LogP contribution in [0.2, 0.25) is 0 Å². The zero-order valence-electron chi connectivity index (χ0n) is 14.7. The minimum absolute atomic E-state index is 0.167. The quantitative estimate of drug-likeness (QED) is 0.774. The highest BCUT2D eigenvalue weighted by molar-refractivity contribution is 5.96. The molecule has 6 nitrogen and oxygen atoms in total. The second-order valence-electron chi connectivity index (χ2n) is 6.04. The van der Waals surface area contributed by atoms with Crippen LogP contribution in [0, 0.1) is 0 Å². The lowest BCUT2D eigenvalue weighted by molar-refractivity contribution is -0.140. The third-order valence-corrected chi connectivity index (χ3v) is 4.44. The van der Waals surface area contributed by atoms with Crippen molar-refractivity contribution in [1.29, 1.82) is 0 Å². The summed E-state index contributed by atoms with van der Waals surface area (Å²) in [5.74, 6) is -0.0927. The maximum Gasteiger partial charge on any atom is 0.346 e. The largest absolute Gasteiger partial charge is 0.496 e. The molecule has 0 spiro atoms. The van der Waals surface area contributed by atoms with E-state index in [1.807, 2.05) is 18.7 Å². The van der Waals surface area contributed by atoms with E-state index in [2.05, 4.69) is 0 Å². The molecule has 0 unspecified atom stereocenters. The number of ether oxygens (including phenoxy) is 3. The molecule has 2 atom stereocenters. The molecule has 1 saturated heterocycles. The summed E-state index contributed by atoms with van der Waals surface area (Å²) >= 11 is 0. The molecule has 1 aromatic rings. The summed E-state index contributed by atoms with van der Waals surface area (Å²) in [6, 6.07) is 5.35. The Hall–Kier alpha value is -2.24. The van der Waals surface area contributed by atoms with Crippen molar-refractivity contribution in [2.24, 2.45) is 0 Å². The van der Waals surface area contributed by atoms with Crippen molar-refractivity contribution in [2.45, 2.75) is 45.2 Å². The summed E-state index contributed by atoms with van der Waals surface area (Å²) in [5, 5.41) is 0. The van der Waals surface area contributed by atoms with Gasteiger partial charge in [0.15, 0.2) is 6.61 Å². The molecule has 132 valence electrons. The van der Waals surface area contributed by atoms with E-state index in [9.17, 15) is 9.59 Å². The van der Waals surface area contributed by atoms with Crippen LogP contribution in [0.25, 0.3) is 0 Å². The van der Waals surface area contributed by atoms with Gasteiger partial charge in [-0.1, -0.05) is 6.07 Å². The van der Waals surface area contributed by atoms with Crippen LogP contribution < -0.4 is 9.47 Å². The van der Waals surface area contributed by atoms with Crippen LogP contribution >= 0.6 is 0 Å². The number of esters is 1. The third kappa shape index (κ3) is 3.80. The normalized spacial score (nSPS) is 20.4. The molecule has 24 heavy (non-hydrogen) atoms. The first-order valence-corrected chi connectivity index (χ1v) is 8.18. The van der Waals surface area contributed by atoms with Gasteiger partial charge in [-0.05, 0) is 45.2 Å². The molecule has 0 aromatic heterocycles. The molecule has 1 aliphatic rings. The molecule has 0 radical (unpaired) electrons. The summed E-state index contributed by atoms with van der Waals surface area (Å²) in [7, 11) is 2.93. The van der Waals surface area contributed by atoms with Crippen LogP contribution in [0.3, 0.4) is 0 Å². The van der Waals surface area contributed by atoms with Crippen molar-refractivity contribution >= 4 is 11.9 Å². The number of carbonyl (C=O) groups is 2. The van der Waals surface area contributed by atoms with Gasteiger partial charge in [-0.3, -0.25) is 4.79 Å². The van der Waals surface area contributed by atoms with E-state index in [1.165, 1.54) is 14.2 Å². The Bertz CT molecular complexity index is 569. The molecule has 0 aliphatic carbocycles. The summed E-state index contributed by atoms with van der Waals surface area (Å²) in [6.07, 6.45) is 3.07. The number of piperidine rings is 1. The van der Waals surface area contributed by atoms with Crippen molar-refractivity contribution in [3.8, 4) is 11.5 Å². The van der Waals surface area contributed by atoms with Gasteiger partial charge in [-0.2, -0.15) is 0 Å². The topological polar surface area (TPSA) is 65.1 Å². The number of methoxy groups -OCH3 is 2. The summed E-state index contributed by atoms with van der Waals surface area (Å²) in [4.78, 5) is 26.7. The van der Waals surface area contributed by atoms with E-state index in [4.69, 9.17) is 14.2 Å². The molecule has 6 heteroatoms. The minimum atomic E-state index is -0.630. The molecule has 1 fully saturated rings. The van der Waals surface area contributed by atoms with E-state index in [-0.39, 0.29) is 30.2 Å². The molecule has 1 aromatic carbocycles. The van der Waals surface area contributed by atoms with Gasteiger partial charge in [0.25, 0.3) is 5.91 Å². The van der Waals surface area contributed by atoms with Gasteiger partial charge < -0.3 is 19.1 Å². The Labute approximate surface area is 142 Å². The fraction of sp³-hybridized carbons (Fsp3) is 0.556. The summed E-state index contributed by atoms with van der Waals surface area (Å²) in [5.41, 5.74) is 0.190. The molecule has 2 rings (SSSR count). The van der Waals surface area contributed by atoms with E-state index < -0.39 is 5.97 Å². The Morgan fingerprint density at radius 3 is 2.12 bits per heavy atom. The van der Waals surface area contributed by atoms with Gasteiger partial charge in [-0.25, -0.2) is 4.79 Å². The zero-order valence-corrected chi connectivity index (χ0v) is 14.7. The van der Waals surface area contributed by atoms with Crippen molar-refractivity contribution in [2.75, 3.05) is 20.8 Å². The molecular formula is C18H25NO5. The van der Waals surface area contributed by atoms with Crippen LogP contribution in [0.1, 0.15) is 43.5 Å². The number of hydrogen-bond donors (Lipinski definition) is 0. The number of amides is 1. The summed E-state index contributed by atoms with van der Waals surface area (Å²) < 4.78 is 15.6. The molecular weight excluding hydrogens is 310 g/mol. The molecule has 0 saturated carbocycles. The van der Waals surface area contributed by atoms with Gasteiger partial charge in [0.2, 0.25) is 0 Å². The number of likely N-dealkylation sites (tertiary alicyclic amines) is 1. The van der Waals surface area contributed by atoms with Crippen molar-refractivity contribution < 1.29 is 23.8 Å². The van der Waals surface area contributed by atoms with E-state index in [0.717, 1.165) is 19.3 Å². The lowest BCUT2D eigenvalue weighted by Crippen LogP contribution is -2.49. The number of nitrogens with zero attached hydrogens (tertiary/aromatic N) is 1. The van der Waals surface area contributed by atoms with Crippen LogP contribution in [-0.2, 0) is 9.53 Å². The van der Waals surface area contributed by atoms with Crippen LogP contribution in [-0.4, -0.2) is 49.7 Å². The second kappa shape index (κ2) is 8.04. The Balaban J connectivity index is 2.07. The molecule has 1 amide bonds. The molecule has 0 bridgehead atoms. The highest BCUT2D eigenvalue weighted by Crippen LogP contribution is 2.29. The van der Waals surface area contributed by atoms with E-state index >= 15 is 0 Å². The van der Waals surface area contributed by atoms with Crippen molar-refractivity contribution in [3.63, 3.8) is 0 Å². The molecule has 0 N–H and O–H groups in total. The van der Waals surface area contributed by atoms with E-state index in [0.29, 0.717) is 11.5 Å². The Morgan fingerprint density at radius 1 is 1.08 bits per heavy atom. The predicted molar refractivity (Wildman–Crippen MR) is 89.4 cm³/mol. The van der Waals surface area contributed by atoms with Crippen molar-refractivity contribution in [3.05, 3.63) is 23.8 Å². The smallest absolute Gasteiger partial charge is 0.346 e. The van der Waals surface area contributed by atoms with Gasteiger partial charge in [0.1, 0.15) is 17.1 Å². The first-order chi connectivity index (χ1) is 11.5. The number of rotatable bonds is 5. The number of carbonyl (C=O) groups excluding carboxylic acids is 2. The minimum Gasteiger partial charge on any atom is -0.496 e.